The van der Waals surface area contributed by atoms with Gasteiger partial charge in [-0.05, 0) is 26.0 Å². The zero-order valence-corrected chi connectivity index (χ0v) is 11.3. The van der Waals surface area contributed by atoms with Crippen molar-refractivity contribution in [1.29, 1.82) is 0 Å². The molecule has 4 heteroatoms. The predicted octanol–water partition coefficient (Wildman–Crippen LogP) is 2.43. The molecule has 0 aliphatic rings. The summed E-state index contributed by atoms with van der Waals surface area (Å²) in [6, 6.07) is 9.69. The van der Waals surface area contributed by atoms with Gasteiger partial charge in [-0.2, -0.15) is 0 Å². The van der Waals surface area contributed by atoms with Crippen LogP contribution in [0.15, 0.2) is 42.5 Å². The maximum Gasteiger partial charge on any atom is 0.267 e. The molecular formula is C14H20N2O2. The molecule has 1 unspecified atom stereocenters. The van der Waals surface area contributed by atoms with Crippen LogP contribution in [0.4, 0.5) is 5.69 Å². The minimum absolute atomic E-state index is 0.113. The van der Waals surface area contributed by atoms with E-state index in [0.29, 0.717) is 0 Å². The Hall–Kier alpha value is -1.81. The lowest BCUT2D eigenvalue weighted by Gasteiger charge is -2.36. The maximum atomic E-state index is 12.1. The van der Waals surface area contributed by atoms with E-state index in [1.54, 1.807) is 23.2 Å². The SMILES string of the molecule is CC=CC(=O)N(C(C)OC)N(C)c1ccccc1. The normalized spacial score (nSPS) is 12.4. The van der Waals surface area contributed by atoms with Crippen LogP contribution in [0.5, 0.6) is 0 Å². The van der Waals surface area contributed by atoms with Crippen LogP contribution in [0, 0.1) is 0 Å². The van der Waals surface area contributed by atoms with Gasteiger partial charge in [0.1, 0.15) is 6.23 Å². The molecule has 0 N–H and O–H groups in total. The third-order valence-electron chi connectivity index (χ3n) is 2.67. The van der Waals surface area contributed by atoms with Gasteiger partial charge in [0.2, 0.25) is 0 Å². The summed E-state index contributed by atoms with van der Waals surface area (Å²) < 4.78 is 5.25. The van der Waals surface area contributed by atoms with E-state index < -0.39 is 0 Å². The van der Waals surface area contributed by atoms with E-state index in [0.717, 1.165) is 5.69 Å². The highest BCUT2D eigenvalue weighted by molar-refractivity contribution is 5.88. The number of anilines is 1. The number of hydrogen-bond acceptors (Lipinski definition) is 3. The number of hydrazine groups is 1. The van der Waals surface area contributed by atoms with Gasteiger partial charge >= 0.3 is 0 Å². The van der Waals surface area contributed by atoms with Crippen molar-refractivity contribution >= 4 is 11.6 Å². The molecule has 0 bridgehead atoms. The van der Waals surface area contributed by atoms with Crippen LogP contribution in [0.25, 0.3) is 0 Å². The molecule has 1 aromatic rings. The van der Waals surface area contributed by atoms with E-state index >= 15 is 0 Å². The second kappa shape index (κ2) is 6.81. The second-order valence-electron chi connectivity index (χ2n) is 3.88. The standard InChI is InChI=1S/C14H20N2O2/c1-5-9-14(17)16(12(2)18-4)15(3)13-10-7-6-8-11-13/h5-12H,1-4H3. The summed E-state index contributed by atoms with van der Waals surface area (Å²) in [5, 5.41) is 3.35. The zero-order chi connectivity index (χ0) is 13.5. The number of hydrogen-bond donors (Lipinski definition) is 0. The Morgan fingerprint density at radius 2 is 1.94 bits per heavy atom. The Kier molecular flexibility index (Phi) is 5.39. The van der Waals surface area contributed by atoms with Gasteiger partial charge in [-0.25, -0.2) is 5.01 Å². The molecule has 98 valence electrons. The summed E-state index contributed by atoms with van der Waals surface area (Å²) >= 11 is 0. The van der Waals surface area contributed by atoms with Crippen LogP contribution < -0.4 is 5.01 Å². The van der Waals surface area contributed by atoms with Gasteiger partial charge in [0.15, 0.2) is 0 Å². The number of amides is 1. The molecule has 0 radical (unpaired) electrons. The topological polar surface area (TPSA) is 32.8 Å². The lowest BCUT2D eigenvalue weighted by molar-refractivity contribution is -0.137. The molecule has 0 heterocycles. The minimum Gasteiger partial charge on any atom is -0.360 e. The highest BCUT2D eigenvalue weighted by Gasteiger charge is 2.22. The number of ether oxygens (including phenoxy) is 1. The van der Waals surface area contributed by atoms with E-state index in [9.17, 15) is 4.79 Å². The fourth-order valence-electron chi connectivity index (χ4n) is 1.66. The molecule has 1 amide bonds. The number of para-hydroxylation sites is 1. The quantitative estimate of drug-likeness (QED) is 0.456. The fourth-order valence-corrected chi connectivity index (χ4v) is 1.66. The smallest absolute Gasteiger partial charge is 0.267 e. The molecule has 0 spiro atoms. The molecule has 0 aromatic heterocycles. The molecule has 0 saturated heterocycles. The van der Waals surface area contributed by atoms with Gasteiger partial charge in [0.25, 0.3) is 5.91 Å². The number of methoxy groups -OCH3 is 1. The van der Waals surface area contributed by atoms with E-state index in [2.05, 4.69) is 0 Å². The summed E-state index contributed by atoms with van der Waals surface area (Å²) in [5.41, 5.74) is 0.930. The van der Waals surface area contributed by atoms with Gasteiger partial charge in [0.05, 0.1) is 5.69 Å². The van der Waals surface area contributed by atoms with Gasteiger partial charge in [-0.15, -0.1) is 0 Å². The summed E-state index contributed by atoms with van der Waals surface area (Å²) in [4.78, 5) is 12.1. The monoisotopic (exact) mass is 248 g/mol. The minimum atomic E-state index is -0.334. The van der Waals surface area contributed by atoms with Gasteiger partial charge in [-0.1, -0.05) is 24.3 Å². The third-order valence-corrected chi connectivity index (χ3v) is 2.67. The van der Waals surface area contributed by atoms with Crippen molar-refractivity contribution in [3.8, 4) is 0 Å². The zero-order valence-electron chi connectivity index (χ0n) is 11.3. The van der Waals surface area contributed by atoms with Crippen molar-refractivity contribution in [2.45, 2.75) is 20.1 Å². The highest BCUT2D eigenvalue weighted by Crippen LogP contribution is 2.16. The van der Waals surface area contributed by atoms with Gasteiger partial charge in [0, 0.05) is 20.2 Å². The molecule has 18 heavy (non-hydrogen) atoms. The van der Waals surface area contributed by atoms with Crippen molar-refractivity contribution in [2.75, 3.05) is 19.2 Å². The van der Waals surface area contributed by atoms with Crippen molar-refractivity contribution in [2.24, 2.45) is 0 Å². The number of allylic oxidation sites excluding steroid dienone is 1. The largest absolute Gasteiger partial charge is 0.360 e. The van der Waals surface area contributed by atoms with Crippen LogP contribution in [-0.4, -0.2) is 31.3 Å². The molecule has 0 saturated carbocycles. The number of benzene rings is 1. The Labute approximate surface area is 108 Å². The first-order valence-corrected chi connectivity index (χ1v) is 5.89. The van der Waals surface area contributed by atoms with Crippen LogP contribution in [-0.2, 0) is 9.53 Å². The molecule has 0 aliphatic heterocycles. The van der Waals surface area contributed by atoms with Crippen LogP contribution in [0.1, 0.15) is 13.8 Å². The average Bonchev–Trinajstić information content (AvgIpc) is 2.40. The maximum absolute atomic E-state index is 12.1. The van der Waals surface area contributed by atoms with Crippen molar-refractivity contribution in [3.63, 3.8) is 0 Å². The Morgan fingerprint density at radius 3 is 2.44 bits per heavy atom. The van der Waals surface area contributed by atoms with Crippen LogP contribution in [0.2, 0.25) is 0 Å². The molecule has 1 aromatic carbocycles. The Morgan fingerprint density at radius 1 is 1.33 bits per heavy atom. The molecule has 1 rings (SSSR count). The van der Waals surface area contributed by atoms with Gasteiger partial charge in [-0.3, -0.25) is 9.80 Å². The lowest BCUT2D eigenvalue weighted by atomic mass is 10.3. The fraction of sp³-hybridized carbons (Fsp3) is 0.357. The molecule has 0 fully saturated rings. The Balaban J connectivity index is 3.00. The third kappa shape index (κ3) is 3.34. The molecule has 0 aliphatic carbocycles. The number of nitrogens with zero attached hydrogens (tertiary/aromatic N) is 2. The number of carbonyl (C=O) groups is 1. The summed E-state index contributed by atoms with van der Waals surface area (Å²) in [6.07, 6.45) is 2.91. The summed E-state index contributed by atoms with van der Waals surface area (Å²) in [5.74, 6) is -0.113. The van der Waals surface area contributed by atoms with Crippen LogP contribution in [0.3, 0.4) is 0 Å². The van der Waals surface area contributed by atoms with E-state index in [1.807, 2.05) is 51.2 Å². The first-order chi connectivity index (χ1) is 8.61. The average molecular weight is 248 g/mol. The van der Waals surface area contributed by atoms with Crippen molar-refractivity contribution < 1.29 is 9.53 Å². The van der Waals surface area contributed by atoms with E-state index in [-0.39, 0.29) is 12.1 Å². The van der Waals surface area contributed by atoms with E-state index in [1.165, 1.54) is 6.08 Å². The van der Waals surface area contributed by atoms with Crippen LogP contribution >= 0.6 is 0 Å². The van der Waals surface area contributed by atoms with Crippen molar-refractivity contribution in [1.82, 2.24) is 5.01 Å². The lowest BCUT2D eigenvalue weighted by Crippen LogP contribution is -2.49. The molecule has 1 atom stereocenters. The van der Waals surface area contributed by atoms with Gasteiger partial charge < -0.3 is 4.74 Å². The number of carbonyl (C=O) groups excluding carboxylic acids is 1. The second-order valence-corrected chi connectivity index (χ2v) is 3.88. The summed E-state index contributed by atoms with van der Waals surface area (Å²) in [6.45, 7) is 3.65. The Bertz CT molecular complexity index is 404. The molecule has 4 nitrogen and oxygen atoms in total. The molecular weight excluding hydrogens is 228 g/mol. The first-order valence-electron chi connectivity index (χ1n) is 5.89. The first kappa shape index (κ1) is 14.3. The highest BCUT2D eigenvalue weighted by atomic mass is 16.5. The summed E-state index contributed by atoms with van der Waals surface area (Å²) in [7, 11) is 3.42. The number of rotatable bonds is 5. The van der Waals surface area contributed by atoms with E-state index in [4.69, 9.17) is 4.74 Å². The van der Waals surface area contributed by atoms with Crippen molar-refractivity contribution in [3.05, 3.63) is 42.5 Å². The predicted molar refractivity (Wildman–Crippen MR) is 73.0 cm³/mol.